The molecule has 1 unspecified atom stereocenters. The molecule has 5 heteroatoms. The van der Waals surface area contributed by atoms with Gasteiger partial charge < -0.3 is 10.4 Å². The van der Waals surface area contributed by atoms with Gasteiger partial charge in [0.25, 0.3) is 0 Å². The maximum absolute atomic E-state index is 12.3. The second-order valence-corrected chi connectivity index (χ2v) is 5.18. The van der Waals surface area contributed by atoms with Gasteiger partial charge in [0.15, 0.2) is 0 Å². The van der Waals surface area contributed by atoms with Gasteiger partial charge in [-0.25, -0.2) is 9.59 Å². The number of urea groups is 1. The molecule has 0 heterocycles. The molecule has 5 nitrogen and oxygen atoms in total. The smallest absolute Gasteiger partial charge is 0.326 e. The zero-order chi connectivity index (χ0) is 14.7. The van der Waals surface area contributed by atoms with Gasteiger partial charge in [0.05, 0.1) is 0 Å². The Morgan fingerprint density at radius 3 is 2.40 bits per heavy atom. The number of hydrogen-bond acceptors (Lipinski definition) is 2. The van der Waals surface area contributed by atoms with Crippen molar-refractivity contribution in [2.45, 2.75) is 32.7 Å². The van der Waals surface area contributed by atoms with Crippen LogP contribution < -0.4 is 10.2 Å². The molecular formula is C15H20N2O3. The molecule has 0 aliphatic heterocycles. The Kier molecular flexibility index (Phi) is 4.27. The van der Waals surface area contributed by atoms with Crippen LogP contribution in [0.5, 0.6) is 0 Å². The molecule has 1 fully saturated rings. The van der Waals surface area contributed by atoms with Gasteiger partial charge in [-0.15, -0.1) is 0 Å². The Hall–Kier alpha value is -2.04. The van der Waals surface area contributed by atoms with E-state index in [1.54, 1.807) is 4.90 Å². The van der Waals surface area contributed by atoms with Crippen LogP contribution in [0.3, 0.4) is 0 Å². The number of aliphatic carboxylic acids is 1. The Morgan fingerprint density at radius 2 is 1.95 bits per heavy atom. The molecule has 1 aromatic rings. The molecule has 1 aliphatic rings. The number of amides is 2. The summed E-state index contributed by atoms with van der Waals surface area (Å²) in [6.07, 6.45) is 1.74. The van der Waals surface area contributed by atoms with Crippen molar-refractivity contribution in [3.8, 4) is 0 Å². The zero-order valence-electron chi connectivity index (χ0n) is 11.8. The van der Waals surface area contributed by atoms with Gasteiger partial charge in [-0.05, 0) is 44.7 Å². The number of nitrogens with one attached hydrogen (secondary N) is 1. The van der Waals surface area contributed by atoms with Crippen molar-refractivity contribution in [1.82, 2.24) is 5.32 Å². The van der Waals surface area contributed by atoms with Gasteiger partial charge in [0.2, 0.25) is 0 Å². The first-order valence-electron chi connectivity index (χ1n) is 6.90. The van der Waals surface area contributed by atoms with Gasteiger partial charge in [-0.2, -0.15) is 0 Å². The molecule has 0 bridgehead atoms. The highest BCUT2D eigenvalue weighted by Gasteiger charge is 2.38. The summed E-state index contributed by atoms with van der Waals surface area (Å²) in [4.78, 5) is 25.0. The summed E-state index contributed by atoms with van der Waals surface area (Å²) < 4.78 is 0. The summed E-state index contributed by atoms with van der Waals surface area (Å²) in [5, 5.41) is 11.8. The van der Waals surface area contributed by atoms with Crippen LogP contribution in [-0.4, -0.2) is 29.7 Å². The van der Waals surface area contributed by atoms with Gasteiger partial charge in [0, 0.05) is 12.2 Å². The van der Waals surface area contributed by atoms with E-state index in [1.807, 2.05) is 38.1 Å². The van der Waals surface area contributed by atoms with Crippen LogP contribution >= 0.6 is 0 Å². The fourth-order valence-corrected chi connectivity index (χ4v) is 2.19. The molecule has 1 aromatic carbocycles. The van der Waals surface area contributed by atoms with E-state index in [1.165, 1.54) is 0 Å². The van der Waals surface area contributed by atoms with Crippen LogP contribution in [0.4, 0.5) is 10.5 Å². The molecule has 1 atom stereocenters. The lowest BCUT2D eigenvalue weighted by Gasteiger charge is -2.24. The first kappa shape index (κ1) is 14.4. The van der Waals surface area contributed by atoms with E-state index in [4.69, 9.17) is 5.11 Å². The third-order valence-corrected chi connectivity index (χ3v) is 3.55. The molecule has 2 N–H and O–H groups in total. The number of benzene rings is 1. The van der Waals surface area contributed by atoms with Gasteiger partial charge in [-0.1, -0.05) is 17.7 Å². The number of aryl methyl sites for hydroxylation is 1. The number of hydrogen-bond donors (Lipinski definition) is 2. The lowest BCUT2D eigenvalue weighted by atomic mass is 10.2. The first-order chi connectivity index (χ1) is 9.52. The molecule has 0 spiro atoms. The topological polar surface area (TPSA) is 69.6 Å². The van der Waals surface area contributed by atoms with Gasteiger partial charge in [-0.3, -0.25) is 4.90 Å². The SMILES string of the molecule is CCN(C(=O)NC(C(=O)O)C1CC1)c1ccc(C)cc1. The minimum atomic E-state index is -0.958. The van der Waals surface area contributed by atoms with Crippen LogP contribution in [-0.2, 0) is 4.79 Å². The molecule has 20 heavy (non-hydrogen) atoms. The average molecular weight is 276 g/mol. The molecule has 2 rings (SSSR count). The van der Waals surface area contributed by atoms with E-state index in [2.05, 4.69) is 5.32 Å². The fourth-order valence-electron chi connectivity index (χ4n) is 2.19. The highest BCUT2D eigenvalue weighted by molar-refractivity contribution is 5.94. The second-order valence-electron chi connectivity index (χ2n) is 5.18. The van der Waals surface area contributed by atoms with Crippen LogP contribution in [0.15, 0.2) is 24.3 Å². The van der Waals surface area contributed by atoms with Crippen LogP contribution in [0.25, 0.3) is 0 Å². The molecule has 1 aliphatic carbocycles. The Labute approximate surface area is 118 Å². The summed E-state index contributed by atoms with van der Waals surface area (Å²) in [6, 6.07) is 6.47. The first-order valence-corrected chi connectivity index (χ1v) is 6.90. The van der Waals surface area contributed by atoms with Crippen LogP contribution in [0.2, 0.25) is 0 Å². The largest absolute Gasteiger partial charge is 0.480 e. The molecule has 2 amide bonds. The summed E-state index contributed by atoms with van der Waals surface area (Å²) in [5.74, 6) is -0.881. The van der Waals surface area contributed by atoms with Crippen LogP contribution in [0, 0.1) is 12.8 Å². The lowest BCUT2D eigenvalue weighted by Crippen LogP contribution is -2.49. The normalized spacial score (nSPS) is 15.5. The molecular weight excluding hydrogens is 256 g/mol. The summed E-state index contributed by atoms with van der Waals surface area (Å²) in [6.45, 7) is 4.34. The Balaban J connectivity index is 2.08. The van der Waals surface area contributed by atoms with Gasteiger partial charge >= 0.3 is 12.0 Å². The van der Waals surface area contributed by atoms with Crippen molar-refractivity contribution in [1.29, 1.82) is 0 Å². The van der Waals surface area contributed by atoms with E-state index >= 15 is 0 Å². The van der Waals surface area contributed by atoms with E-state index < -0.39 is 12.0 Å². The van der Waals surface area contributed by atoms with Crippen molar-refractivity contribution in [2.75, 3.05) is 11.4 Å². The van der Waals surface area contributed by atoms with Crippen molar-refractivity contribution in [3.05, 3.63) is 29.8 Å². The highest BCUT2D eigenvalue weighted by Crippen LogP contribution is 2.33. The number of carboxylic acid groups (broad SMARTS) is 1. The van der Waals surface area contributed by atoms with E-state index in [9.17, 15) is 9.59 Å². The molecule has 1 saturated carbocycles. The van der Waals surface area contributed by atoms with Crippen molar-refractivity contribution >= 4 is 17.7 Å². The minimum absolute atomic E-state index is 0.0770. The quantitative estimate of drug-likeness (QED) is 0.867. The number of anilines is 1. The zero-order valence-corrected chi connectivity index (χ0v) is 11.8. The molecule has 108 valence electrons. The molecule has 0 aromatic heterocycles. The Bertz CT molecular complexity index is 494. The predicted octanol–water partition coefficient (Wildman–Crippen LogP) is 2.39. The van der Waals surface area contributed by atoms with E-state index in [0.29, 0.717) is 6.54 Å². The Morgan fingerprint density at radius 1 is 1.35 bits per heavy atom. The maximum Gasteiger partial charge on any atom is 0.326 e. The van der Waals surface area contributed by atoms with E-state index in [0.717, 1.165) is 24.1 Å². The third kappa shape index (κ3) is 3.29. The predicted molar refractivity (Wildman–Crippen MR) is 76.9 cm³/mol. The standard InChI is InChI=1S/C15H20N2O3/c1-3-17(12-8-4-10(2)5-9-12)15(20)16-13(14(18)19)11-6-7-11/h4-5,8-9,11,13H,3,6-7H2,1-2H3,(H,16,20)(H,18,19). The second kappa shape index (κ2) is 5.94. The highest BCUT2D eigenvalue weighted by atomic mass is 16.4. The molecule has 0 radical (unpaired) electrons. The third-order valence-electron chi connectivity index (χ3n) is 3.55. The number of carbonyl (C=O) groups is 2. The fraction of sp³-hybridized carbons (Fsp3) is 0.467. The summed E-state index contributed by atoms with van der Waals surface area (Å²) in [5.41, 5.74) is 1.89. The van der Waals surface area contributed by atoms with E-state index in [-0.39, 0.29) is 11.9 Å². The number of rotatable bonds is 5. The van der Waals surface area contributed by atoms with Gasteiger partial charge in [0.1, 0.15) is 6.04 Å². The monoisotopic (exact) mass is 276 g/mol. The van der Waals surface area contributed by atoms with Crippen molar-refractivity contribution in [2.24, 2.45) is 5.92 Å². The number of carbonyl (C=O) groups excluding carboxylic acids is 1. The summed E-state index contributed by atoms with van der Waals surface area (Å²) in [7, 11) is 0. The summed E-state index contributed by atoms with van der Waals surface area (Å²) >= 11 is 0. The minimum Gasteiger partial charge on any atom is -0.480 e. The number of nitrogens with zero attached hydrogens (tertiary/aromatic N) is 1. The maximum atomic E-state index is 12.3. The van der Waals surface area contributed by atoms with Crippen LogP contribution in [0.1, 0.15) is 25.3 Å². The lowest BCUT2D eigenvalue weighted by molar-refractivity contribution is -0.139. The van der Waals surface area contributed by atoms with Crippen molar-refractivity contribution < 1.29 is 14.7 Å². The molecule has 0 saturated heterocycles. The average Bonchev–Trinajstić information content (AvgIpc) is 3.23. The van der Waals surface area contributed by atoms with Crippen molar-refractivity contribution in [3.63, 3.8) is 0 Å². The number of carboxylic acids is 1.